The molecular formula is C32H39Cl2N. The molecular weight excluding hydrogens is 469 g/mol. The molecule has 35 heavy (non-hydrogen) atoms. The average Bonchev–Trinajstić information content (AvgIpc) is 2.82. The number of rotatable bonds is 4. The van der Waals surface area contributed by atoms with Crippen LogP contribution < -0.4 is 4.90 Å². The summed E-state index contributed by atoms with van der Waals surface area (Å²) in [6, 6.07) is 22.1. The Hall–Kier alpha value is -1.96. The van der Waals surface area contributed by atoms with E-state index in [0.717, 1.165) is 17.1 Å². The van der Waals surface area contributed by atoms with Crippen molar-refractivity contribution in [1.29, 1.82) is 0 Å². The molecule has 1 nitrogen and oxygen atoms in total. The van der Waals surface area contributed by atoms with Crippen LogP contribution in [0.3, 0.4) is 0 Å². The van der Waals surface area contributed by atoms with Gasteiger partial charge < -0.3 is 4.90 Å². The fourth-order valence-corrected chi connectivity index (χ4v) is 5.49. The second-order valence-corrected chi connectivity index (χ2v) is 12.9. The molecule has 0 spiro atoms. The lowest BCUT2D eigenvalue weighted by Gasteiger charge is -2.30. The molecule has 0 aromatic heterocycles. The molecule has 4 rings (SSSR count). The zero-order chi connectivity index (χ0) is 25.4. The zero-order valence-corrected chi connectivity index (χ0v) is 23.6. The topological polar surface area (TPSA) is 3.24 Å². The first-order chi connectivity index (χ1) is 16.4. The van der Waals surface area contributed by atoms with Gasteiger partial charge in [-0.25, -0.2) is 0 Å². The van der Waals surface area contributed by atoms with Crippen LogP contribution in [0.1, 0.15) is 96.3 Å². The third-order valence-electron chi connectivity index (χ3n) is 7.33. The summed E-state index contributed by atoms with van der Waals surface area (Å²) in [7, 11) is 0. The summed E-state index contributed by atoms with van der Waals surface area (Å²) in [5, 5.41) is 1.23. The van der Waals surface area contributed by atoms with Gasteiger partial charge in [-0.1, -0.05) is 108 Å². The van der Waals surface area contributed by atoms with Gasteiger partial charge in [0.25, 0.3) is 0 Å². The van der Waals surface area contributed by atoms with Crippen molar-refractivity contribution >= 4 is 40.3 Å². The minimum absolute atomic E-state index is 0.0968. The Bertz CT molecular complexity index is 1080. The van der Waals surface area contributed by atoms with E-state index in [1.807, 2.05) is 0 Å². The van der Waals surface area contributed by atoms with Crippen molar-refractivity contribution < 1.29 is 0 Å². The Morgan fingerprint density at radius 2 is 1.11 bits per heavy atom. The Kier molecular flexibility index (Phi) is 7.60. The summed E-state index contributed by atoms with van der Waals surface area (Å²) >= 11 is 13.7. The van der Waals surface area contributed by atoms with E-state index in [9.17, 15) is 0 Å². The van der Waals surface area contributed by atoms with Gasteiger partial charge >= 0.3 is 0 Å². The van der Waals surface area contributed by atoms with Crippen molar-refractivity contribution in [1.82, 2.24) is 0 Å². The molecule has 186 valence electrons. The van der Waals surface area contributed by atoms with Crippen LogP contribution in [0.25, 0.3) is 0 Å². The highest BCUT2D eigenvalue weighted by atomic mass is 35.5. The molecule has 0 unspecified atom stereocenters. The second-order valence-electron chi connectivity index (χ2n) is 12.1. The third kappa shape index (κ3) is 5.89. The molecule has 3 aromatic rings. The molecule has 1 saturated carbocycles. The number of anilines is 3. The van der Waals surface area contributed by atoms with Gasteiger partial charge in [-0.3, -0.25) is 0 Å². The summed E-state index contributed by atoms with van der Waals surface area (Å²) in [5.74, 6) is 0.547. The molecule has 1 fully saturated rings. The summed E-state index contributed by atoms with van der Waals surface area (Å²) in [4.78, 5) is 2.26. The Balaban J connectivity index is 1.85. The van der Waals surface area contributed by atoms with Crippen LogP contribution in [0, 0.1) is 0 Å². The summed E-state index contributed by atoms with van der Waals surface area (Å²) in [5.41, 5.74) is 7.23. The van der Waals surface area contributed by atoms with Gasteiger partial charge in [0.15, 0.2) is 0 Å². The lowest BCUT2D eigenvalue weighted by Crippen LogP contribution is -2.15. The van der Waals surface area contributed by atoms with Gasteiger partial charge in [0.1, 0.15) is 0 Å². The number of nitrogens with zero attached hydrogens (tertiary/aromatic N) is 1. The molecule has 1 aliphatic carbocycles. The molecule has 3 heteroatoms. The van der Waals surface area contributed by atoms with Gasteiger partial charge in [0.05, 0.1) is 15.7 Å². The monoisotopic (exact) mass is 507 g/mol. The molecule has 1 aliphatic rings. The molecule has 0 amide bonds. The lowest BCUT2D eigenvalue weighted by molar-refractivity contribution is 0.443. The van der Waals surface area contributed by atoms with Crippen LogP contribution in [0.5, 0.6) is 0 Å². The normalized spacial score (nSPS) is 15.3. The second kappa shape index (κ2) is 10.2. The Labute approximate surface area is 222 Å². The van der Waals surface area contributed by atoms with E-state index >= 15 is 0 Å². The number of hydrogen-bond acceptors (Lipinski definition) is 1. The van der Waals surface area contributed by atoms with Crippen LogP contribution >= 0.6 is 23.2 Å². The van der Waals surface area contributed by atoms with Gasteiger partial charge in [-0.2, -0.15) is 0 Å². The third-order valence-corrected chi connectivity index (χ3v) is 8.12. The minimum Gasteiger partial charge on any atom is -0.309 e. The molecule has 3 aromatic carbocycles. The SMILES string of the molecule is CC(C)(C)c1ccc(N(c2ccc(C(C)(C)C)cc2)c2cc(C3CCCCC3)cc(Cl)c2Cl)cc1. The van der Waals surface area contributed by atoms with E-state index in [1.54, 1.807) is 0 Å². The predicted octanol–water partition coefficient (Wildman–Crippen LogP) is 11.1. The summed E-state index contributed by atoms with van der Waals surface area (Å²) in [6.07, 6.45) is 6.34. The Morgan fingerprint density at radius 1 is 0.657 bits per heavy atom. The van der Waals surface area contributed by atoms with Gasteiger partial charge in [0.2, 0.25) is 0 Å². The van der Waals surface area contributed by atoms with Gasteiger partial charge in [-0.15, -0.1) is 0 Å². The highest BCUT2D eigenvalue weighted by molar-refractivity contribution is 6.44. The van der Waals surface area contributed by atoms with E-state index in [0.29, 0.717) is 16.0 Å². The molecule has 0 bridgehead atoms. The van der Waals surface area contributed by atoms with Gasteiger partial charge in [0, 0.05) is 11.4 Å². The van der Waals surface area contributed by atoms with Crippen molar-refractivity contribution in [3.63, 3.8) is 0 Å². The lowest BCUT2D eigenvalue weighted by atomic mass is 9.84. The number of benzene rings is 3. The molecule has 0 N–H and O–H groups in total. The van der Waals surface area contributed by atoms with Crippen molar-refractivity contribution in [2.45, 2.75) is 90.4 Å². The standard InChI is InChI=1S/C32H39Cl2N/c1-31(2,3)24-12-16-26(17-13-24)35(27-18-14-25(15-19-27)32(4,5)6)29-21-23(20-28(33)30(29)34)22-10-8-7-9-11-22/h12-22H,7-11H2,1-6H3. The minimum atomic E-state index is 0.0968. The highest BCUT2D eigenvalue weighted by Crippen LogP contribution is 2.45. The van der Waals surface area contributed by atoms with E-state index < -0.39 is 0 Å². The summed E-state index contributed by atoms with van der Waals surface area (Å²) in [6.45, 7) is 13.5. The number of halogens is 2. The van der Waals surface area contributed by atoms with Crippen molar-refractivity contribution in [2.75, 3.05) is 4.90 Å². The van der Waals surface area contributed by atoms with Crippen LogP contribution in [-0.2, 0) is 10.8 Å². The number of hydrogen-bond donors (Lipinski definition) is 0. The maximum atomic E-state index is 6.93. The largest absolute Gasteiger partial charge is 0.309 e. The fourth-order valence-electron chi connectivity index (χ4n) is 5.08. The molecule has 0 heterocycles. The van der Waals surface area contributed by atoms with E-state index in [2.05, 4.69) is 107 Å². The molecule has 0 saturated heterocycles. The average molecular weight is 509 g/mol. The predicted molar refractivity (Wildman–Crippen MR) is 154 cm³/mol. The van der Waals surface area contributed by atoms with Crippen LogP contribution in [0.4, 0.5) is 17.1 Å². The van der Waals surface area contributed by atoms with Crippen LogP contribution in [0.2, 0.25) is 10.0 Å². The molecule has 0 atom stereocenters. The van der Waals surface area contributed by atoms with Crippen LogP contribution in [-0.4, -0.2) is 0 Å². The van der Waals surface area contributed by atoms with Crippen molar-refractivity contribution in [2.24, 2.45) is 0 Å². The summed E-state index contributed by atoms with van der Waals surface area (Å²) < 4.78 is 0. The fraction of sp³-hybridized carbons (Fsp3) is 0.438. The zero-order valence-electron chi connectivity index (χ0n) is 22.1. The molecule has 0 aliphatic heterocycles. The van der Waals surface area contributed by atoms with Crippen LogP contribution in [0.15, 0.2) is 60.7 Å². The smallest absolute Gasteiger partial charge is 0.0832 e. The van der Waals surface area contributed by atoms with Crippen molar-refractivity contribution in [3.05, 3.63) is 87.4 Å². The Morgan fingerprint density at radius 3 is 1.54 bits per heavy atom. The van der Waals surface area contributed by atoms with E-state index in [-0.39, 0.29) is 10.8 Å². The molecule has 0 radical (unpaired) electrons. The maximum absolute atomic E-state index is 6.93. The first kappa shape index (κ1) is 26.1. The van der Waals surface area contributed by atoms with Crippen molar-refractivity contribution in [3.8, 4) is 0 Å². The first-order valence-electron chi connectivity index (χ1n) is 13.0. The quantitative estimate of drug-likeness (QED) is 0.339. The highest BCUT2D eigenvalue weighted by Gasteiger charge is 2.24. The van der Waals surface area contributed by atoms with E-state index in [4.69, 9.17) is 23.2 Å². The first-order valence-corrected chi connectivity index (χ1v) is 13.7. The van der Waals surface area contributed by atoms with E-state index in [1.165, 1.54) is 48.8 Å². The maximum Gasteiger partial charge on any atom is 0.0832 e. The van der Waals surface area contributed by atoms with Gasteiger partial charge in [-0.05, 0) is 82.7 Å².